The van der Waals surface area contributed by atoms with Crippen molar-refractivity contribution in [3.05, 3.63) is 0 Å². The molecule has 2 N–H and O–H groups in total. The Bertz CT molecular complexity index is 50.9. The highest BCUT2D eigenvalue weighted by Crippen LogP contribution is 1.83. The van der Waals surface area contributed by atoms with Crippen molar-refractivity contribution in [1.29, 1.82) is 0 Å². The van der Waals surface area contributed by atoms with Crippen LogP contribution in [0.25, 0.3) is 0 Å². The van der Waals surface area contributed by atoms with E-state index in [1.807, 2.05) is 7.05 Å². The van der Waals surface area contributed by atoms with Crippen LogP contribution < -0.4 is 10.6 Å². The second kappa shape index (κ2) is 6.05. The fraction of sp³-hybridized carbons (Fsp3) is 1.00. The van der Waals surface area contributed by atoms with Crippen molar-refractivity contribution in [3.8, 4) is 0 Å². The maximum Gasteiger partial charge on any atom is 0.0566 e. The minimum Gasteiger partial charge on any atom is -0.305 e. The zero-order valence-corrected chi connectivity index (χ0v) is 6.70. The predicted molar refractivity (Wildman–Crippen MR) is 41.4 cm³/mol. The molecule has 0 amide bonds. The Labute approximate surface area is 58.0 Å². The van der Waals surface area contributed by atoms with Crippen molar-refractivity contribution in [3.63, 3.8) is 0 Å². The van der Waals surface area contributed by atoms with Crippen molar-refractivity contribution in [1.82, 2.24) is 10.6 Å². The van der Waals surface area contributed by atoms with Crippen LogP contribution in [0.1, 0.15) is 26.7 Å². The third-order valence-electron chi connectivity index (χ3n) is 1.40. The van der Waals surface area contributed by atoms with Crippen molar-refractivity contribution in [2.24, 2.45) is 0 Å². The number of nitrogens with one attached hydrogen (secondary N) is 2. The minimum absolute atomic E-state index is 0.505. The molecule has 0 aromatic carbocycles. The standard InChI is InChI=1S/C7H18N2/c1-4-6-9-7(5-2)8-3/h7-9H,4-6H2,1-3H3. The smallest absolute Gasteiger partial charge is 0.0566 e. The molecule has 0 aliphatic rings. The molecule has 0 spiro atoms. The molecule has 0 aliphatic heterocycles. The lowest BCUT2D eigenvalue weighted by atomic mass is 10.3. The van der Waals surface area contributed by atoms with Crippen molar-refractivity contribution < 1.29 is 0 Å². The van der Waals surface area contributed by atoms with E-state index in [1.165, 1.54) is 6.42 Å². The molecule has 1 unspecified atom stereocenters. The maximum absolute atomic E-state index is 3.36. The monoisotopic (exact) mass is 130 g/mol. The molecule has 0 aromatic heterocycles. The van der Waals surface area contributed by atoms with Crippen LogP contribution >= 0.6 is 0 Å². The van der Waals surface area contributed by atoms with Crippen LogP contribution in [0.15, 0.2) is 0 Å². The highest BCUT2D eigenvalue weighted by Gasteiger charge is 1.97. The SMILES string of the molecule is CCCNC(CC)NC. The van der Waals surface area contributed by atoms with Gasteiger partial charge in [0, 0.05) is 0 Å². The highest BCUT2D eigenvalue weighted by molar-refractivity contribution is 4.57. The first kappa shape index (κ1) is 8.92. The second-order valence-corrected chi connectivity index (χ2v) is 2.20. The molecule has 0 radical (unpaired) electrons. The van der Waals surface area contributed by atoms with Gasteiger partial charge in [0.25, 0.3) is 0 Å². The zero-order chi connectivity index (χ0) is 7.11. The average Bonchev–Trinajstić information content (AvgIpc) is 1.91. The van der Waals surface area contributed by atoms with Crippen molar-refractivity contribution in [2.75, 3.05) is 13.6 Å². The molecular weight excluding hydrogens is 112 g/mol. The van der Waals surface area contributed by atoms with Crippen LogP contribution in [0.3, 0.4) is 0 Å². The van der Waals surface area contributed by atoms with Gasteiger partial charge in [-0.25, -0.2) is 0 Å². The van der Waals surface area contributed by atoms with Crippen LogP contribution in [0.4, 0.5) is 0 Å². The van der Waals surface area contributed by atoms with Gasteiger partial charge < -0.3 is 10.6 Å². The van der Waals surface area contributed by atoms with Gasteiger partial charge in [0.15, 0.2) is 0 Å². The van der Waals surface area contributed by atoms with E-state index < -0.39 is 0 Å². The summed E-state index contributed by atoms with van der Waals surface area (Å²) in [4.78, 5) is 0. The molecule has 0 heterocycles. The van der Waals surface area contributed by atoms with Crippen molar-refractivity contribution >= 4 is 0 Å². The fourth-order valence-corrected chi connectivity index (χ4v) is 0.769. The fourth-order valence-electron chi connectivity index (χ4n) is 0.769. The summed E-state index contributed by atoms with van der Waals surface area (Å²) < 4.78 is 0. The van der Waals surface area contributed by atoms with Crippen LogP contribution in [0.5, 0.6) is 0 Å². The van der Waals surface area contributed by atoms with Gasteiger partial charge in [0.2, 0.25) is 0 Å². The van der Waals surface area contributed by atoms with E-state index in [0.29, 0.717) is 6.17 Å². The van der Waals surface area contributed by atoms with E-state index in [-0.39, 0.29) is 0 Å². The average molecular weight is 130 g/mol. The summed E-state index contributed by atoms with van der Waals surface area (Å²) >= 11 is 0. The van der Waals surface area contributed by atoms with Crippen LogP contribution in [0, 0.1) is 0 Å². The van der Waals surface area contributed by atoms with E-state index in [9.17, 15) is 0 Å². The summed E-state index contributed by atoms with van der Waals surface area (Å²) in [5.74, 6) is 0. The summed E-state index contributed by atoms with van der Waals surface area (Å²) in [5, 5.41) is 6.53. The lowest BCUT2D eigenvalue weighted by Crippen LogP contribution is -2.39. The third-order valence-corrected chi connectivity index (χ3v) is 1.40. The molecule has 1 atom stereocenters. The summed E-state index contributed by atoms with van der Waals surface area (Å²) in [5.41, 5.74) is 0. The Morgan fingerprint density at radius 2 is 2.00 bits per heavy atom. The molecule has 2 heteroatoms. The van der Waals surface area contributed by atoms with Gasteiger partial charge in [-0.15, -0.1) is 0 Å². The number of hydrogen-bond donors (Lipinski definition) is 2. The van der Waals surface area contributed by atoms with Gasteiger partial charge in [-0.05, 0) is 26.4 Å². The summed E-state index contributed by atoms with van der Waals surface area (Å²) in [6.07, 6.45) is 2.86. The Kier molecular flexibility index (Phi) is 5.99. The Balaban J connectivity index is 3.09. The highest BCUT2D eigenvalue weighted by atomic mass is 15.1. The number of hydrogen-bond acceptors (Lipinski definition) is 2. The number of rotatable bonds is 5. The molecule has 0 fully saturated rings. The maximum atomic E-state index is 3.36. The van der Waals surface area contributed by atoms with Gasteiger partial charge >= 0.3 is 0 Å². The molecule has 9 heavy (non-hydrogen) atoms. The van der Waals surface area contributed by atoms with Gasteiger partial charge in [-0.2, -0.15) is 0 Å². The molecule has 0 saturated carbocycles. The van der Waals surface area contributed by atoms with E-state index in [4.69, 9.17) is 0 Å². The second-order valence-electron chi connectivity index (χ2n) is 2.20. The molecular formula is C7H18N2. The Hall–Kier alpha value is -0.0800. The van der Waals surface area contributed by atoms with Crippen LogP contribution in [-0.2, 0) is 0 Å². The third kappa shape index (κ3) is 4.43. The molecule has 0 saturated heterocycles. The van der Waals surface area contributed by atoms with Crippen molar-refractivity contribution in [2.45, 2.75) is 32.9 Å². The zero-order valence-electron chi connectivity index (χ0n) is 6.70. The molecule has 0 bridgehead atoms. The Morgan fingerprint density at radius 1 is 1.33 bits per heavy atom. The van der Waals surface area contributed by atoms with E-state index in [0.717, 1.165) is 13.0 Å². The van der Waals surface area contributed by atoms with E-state index in [1.54, 1.807) is 0 Å². The summed E-state index contributed by atoms with van der Waals surface area (Å²) in [7, 11) is 1.98. The Morgan fingerprint density at radius 3 is 2.33 bits per heavy atom. The normalized spacial score (nSPS) is 13.7. The molecule has 0 rings (SSSR count). The largest absolute Gasteiger partial charge is 0.305 e. The van der Waals surface area contributed by atoms with Gasteiger partial charge in [-0.3, -0.25) is 0 Å². The lowest BCUT2D eigenvalue weighted by molar-refractivity contribution is 0.444. The van der Waals surface area contributed by atoms with Gasteiger partial charge in [0.1, 0.15) is 0 Å². The van der Waals surface area contributed by atoms with Crippen LogP contribution in [0.2, 0.25) is 0 Å². The van der Waals surface area contributed by atoms with Gasteiger partial charge in [0.05, 0.1) is 6.17 Å². The van der Waals surface area contributed by atoms with E-state index >= 15 is 0 Å². The first-order valence-electron chi connectivity index (χ1n) is 3.75. The first-order chi connectivity index (χ1) is 4.35. The summed E-state index contributed by atoms with van der Waals surface area (Å²) in [6.45, 7) is 5.46. The topological polar surface area (TPSA) is 24.1 Å². The van der Waals surface area contributed by atoms with Gasteiger partial charge in [-0.1, -0.05) is 13.8 Å². The molecule has 2 nitrogen and oxygen atoms in total. The quantitative estimate of drug-likeness (QED) is 0.541. The summed E-state index contributed by atoms with van der Waals surface area (Å²) in [6, 6.07) is 0. The van der Waals surface area contributed by atoms with Crippen LogP contribution in [-0.4, -0.2) is 19.8 Å². The molecule has 0 aromatic rings. The molecule has 56 valence electrons. The lowest BCUT2D eigenvalue weighted by Gasteiger charge is -2.14. The predicted octanol–water partition coefficient (Wildman–Crippen LogP) is 0.941. The minimum atomic E-state index is 0.505. The molecule has 0 aliphatic carbocycles. The van der Waals surface area contributed by atoms with E-state index in [2.05, 4.69) is 24.5 Å². The first-order valence-corrected chi connectivity index (χ1v) is 3.75.